The molecule has 1 aromatic rings. The molecule has 0 fully saturated rings. The van der Waals surface area contributed by atoms with E-state index in [1.54, 1.807) is 11.8 Å². The van der Waals surface area contributed by atoms with Crippen LogP contribution in [0.1, 0.15) is 37.9 Å². The number of thioether (sulfide) groups is 1. The van der Waals surface area contributed by atoms with Gasteiger partial charge in [-0.15, -0.1) is 11.8 Å². The monoisotopic (exact) mass is 238 g/mol. The van der Waals surface area contributed by atoms with Crippen LogP contribution in [-0.2, 0) is 12.8 Å². The molecule has 1 rings (SSSR count). The summed E-state index contributed by atoms with van der Waals surface area (Å²) < 4.78 is 0. The summed E-state index contributed by atoms with van der Waals surface area (Å²) in [5.74, 6) is 0. The molecule has 16 heavy (non-hydrogen) atoms. The quantitative estimate of drug-likeness (QED) is 0.774. The highest BCUT2D eigenvalue weighted by molar-refractivity contribution is 7.98. The zero-order valence-corrected chi connectivity index (χ0v) is 11.3. The van der Waals surface area contributed by atoms with Crippen molar-refractivity contribution < 1.29 is 0 Å². The molecule has 0 spiro atoms. The molecule has 0 bridgehead atoms. The minimum absolute atomic E-state index is 0.300. The van der Waals surface area contributed by atoms with Crippen LogP contribution in [0.15, 0.2) is 17.2 Å². The fourth-order valence-electron chi connectivity index (χ4n) is 1.66. The SMILES string of the molecule is CCc1cc(CCCC(C)N)nc(SC)c1. The first-order valence-corrected chi connectivity index (χ1v) is 7.17. The Hall–Kier alpha value is -0.540. The van der Waals surface area contributed by atoms with Crippen LogP contribution in [0.25, 0.3) is 0 Å². The highest BCUT2D eigenvalue weighted by Gasteiger charge is 2.02. The lowest BCUT2D eigenvalue weighted by Crippen LogP contribution is -2.14. The normalized spacial score (nSPS) is 12.8. The van der Waals surface area contributed by atoms with Gasteiger partial charge in [0.15, 0.2) is 0 Å². The minimum atomic E-state index is 0.300. The van der Waals surface area contributed by atoms with Gasteiger partial charge in [-0.25, -0.2) is 4.98 Å². The number of aryl methyl sites for hydroxylation is 2. The van der Waals surface area contributed by atoms with E-state index in [9.17, 15) is 0 Å². The Labute approximate surface area is 103 Å². The standard InChI is InChI=1S/C13H22N2S/c1-4-11-8-12(7-5-6-10(2)14)15-13(9-11)16-3/h8-10H,4-7,14H2,1-3H3. The van der Waals surface area contributed by atoms with E-state index in [1.165, 1.54) is 11.3 Å². The van der Waals surface area contributed by atoms with Crippen molar-refractivity contribution in [3.8, 4) is 0 Å². The van der Waals surface area contributed by atoms with Crippen molar-refractivity contribution in [2.75, 3.05) is 6.26 Å². The molecule has 1 atom stereocenters. The molecule has 1 unspecified atom stereocenters. The van der Waals surface area contributed by atoms with Crippen LogP contribution in [0.3, 0.4) is 0 Å². The van der Waals surface area contributed by atoms with E-state index in [2.05, 4.69) is 37.2 Å². The number of aromatic nitrogens is 1. The Kier molecular flexibility index (Phi) is 5.85. The van der Waals surface area contributed by atoms with Crippen molar-refractivity contribution >= 4 is 11.8 Å². The molecule has 3 heteroatoms. The molecule has 0 amide bonds. The molecule has 2 nitrogen and oxygen atoms in total. The van der Waals surface area contributed by atoms with E-state index in [4.69, 9.17) is 5.73 Å². The minimum Gasteiger partial charge on any atom is -0.328 e. The van der Waals surface area contributed by atoms with Gasteiger partial charge in [-0.3, -0.25) is 0 Å². The number of nitrogens with two attached hydrogens (primary N) is 1. The Morgan fingerprint density at radius 3 is 2.75 bits per heavy atom. The molecule has 1 heterocycles. The molecule has 1 aromatic heterocycles. The number of hydrogen-bond acceptors (Lipinski definition) is 3. The fraction of sp³-hybridized carbons (Fsp3) is 0.615. The third kappa shape index (κ3) is 4.54. The van der Waals surface area contributed by atoms with Crippen LogP contribution in [0, 0.1) is 0 Å². The van der Waals surface area contributed by atoms with E-state index < -0.39 is 0 Å². The molecular weight excluding hydrogens is 216 g/mol. The van der Waals surface area contributed by atoms with Gasteiger partial charge in [-0.05, 0) is 56.6 Å². The first kappa shape index (κ1) is 13.5. The molecule has 0 aliphatic carbocycles. The predicted molar refractivity (Wildman–Crippen MR) is 72.0 cm³/mol. The summed E-state index contributed by atoms with van der Waals surface area (Å²) in [5, 5.41) is 1.13. The van der Waals surface area contributed by atoms with E-state index in [0.717, 1.165) is 30.7 Å². The van der Waals surface area contributed by atoms with Gasteiger partial charge in [-0.2, -0.15) is 0 Å². The van der Waals surface area contributed by atoms with Gasteiger partial charge < -0.3 is 5.73 Å². The second-order valence-corrected chi connectivity index (χ2v) is 5.06. The van der Waals surface area contributed by atoms with Gasteiger partial charge in [-0.1, -0.05) is 6.92 Å². The third-order valence-electron chi connectivity index (χ3n) is 2.62. The maximum atomic E-state index is 5.74. The van der Waals surface area contributed by atoms with Crippen molar-refractivity contribution in [1.29, 1.82) is 0 Å². The van der Waals surface area contributed by atoms with Crippen LogP contribution in [-0.4, -0.2) is 17.3 Å². The Balaban J connectivity index is 2.64. The van der Waals surface area contributed by atoms with Crippen LogP contribution >= 0.6 is 11.8 Å². The highest BCUT2D eigenvalue weighted by Crippen LogP contribution is 2.17. The molecule has 0 saturated heterocycles. The van der Waals surface area contributed by atoms with Gasteiger partial charge in [0.25, 0.3) is 0 Å². The smallest absolute Gasteiger partial charge is 0.0963 e. The largest absolute Gasteiger partial charge is 0.328 e. The zero-order chi connectivity index (χ0) is 12.0. The van der Waals surface area contributed by atoms with Crippen molar-refractivity contribution in [1.82, 2.24) is 4.98 Å². The molecule has 0 saturated carbocycles. The Morgan fingerprint density at radius 2 is 2.19 bits per heavy atom. The average Bonchev–Trinajstić information content (AvgIpc) is 2.28. The van der Waals surface area contributed by atoms with Gasteiger partial charge in [0.2, 0.25) is 0 Å². The lowest BCUT2D eigenvalue weighted by atomic mass is 10.1. The summed E-state index contributed by atoms with van der Waals surface area (Å²) in [6.45, 7) is 4.24. The second kappa shape index (κ2) is 6.92. The number of rotatable bonds is 6. The van der Waals surface area contributed by atoms with E-state index in [-0.39, 0.29) is 0 Å². The lowest BCUT2D eigenvalue weighted by Gasteiger charge is -2.07. The highest BCUT2D eigenvalue weighted by atomic mass is 32.2. The number of nitrogens with zero attached hydrogens (tertiary/aromatic N) is 1. The van der Waals surface area contributed by atoms with Gasteiger partial charge in [0.1, 0.15) is 0 Å². The molecule has 0 aliphatic rings. The van der Waals surface area contributed by atoms with Crippen LogP contribution in [0.5, 0.6) is 0 Å². The maximum absolute atomic E-state index is 5.74. The second-order valence-electron chi connectivity index (χ2n) is 4.23. The van der Waals surface area contributed by atoms with E-state index >= 15 is 0 Å². The number of pyridine rings is 1. The molecule has 0 radical (unpaired) electrons. The van der Waals surface area contributed by atoms with Gasteiger partial charge in [0, 0.05) is 11.7 Å². The zero-order valence-electron chi connectivity index (χ0n) is 10.5. The van der Waals surface area contributed by atoms with Crippen molar-refractivity contribution in [2.24, 2.45) is 5.73 Å². The summed E-state index contributed by atoms with van der Waals surface area (Å²) >= 11 is 1.72. The molecule has 0 aliphatic heterocycles. The molecular formula is C13H22N2S. The summed E-state index contributed by atoms with van der Waals surface area (Å²) in [6.07, 6.45) is 6.41. The summed E-state index contributed by atoms with van der Waals surface area (Å²) in [7, 11) is 0. The van der Waals surface area contributed by atoms with Crippen molar-refractivity contribution in [3.63, 3.8) is 0 Å². The lowest BCUT2D eigenvalue weighted by molar-refractivity contribution is 0.618. The van der Waals surface area contributed by atoms with Gasteiger partial charge >= 0.3 is 0 Å². The maximum Gasteiger partial charge on any atom is 0.0963 e. The predicted octanol–water partition coefficient (Wildman–Crippen LogP) is 3.04. The first-order chi connectivity index (χ1) is 7.65. The van der Waals surface area contributed by atoms with Gasteiger partial charge in [0.05, 0.1) is 5.03 Å². The van der Waals surface area contributed by atoms with E-state index in [1.807, 2.05) is 0 Å². The average molecular weight is 238 g/mol. The van der Waals surface area contributed by atoms with Crippen molar-refractivity contribution in [2.45, 2.75) is 50.6 Å². The molecule has 90 valence electrons. The Morgan fingerprint density at radius 1 is 1.44 bits per heavy atom. The summed E-state index contributed by atoms with van der Waals surface area (Å²) in [6, 6.07) is 4.70. The topological polar surface area (TPSA) is 38.9 Å². The van der Waals surface area contributed by atoms with Crippen LogP contribution in [0.4, 0.5) is 0 Å². The summed E-state index contributed by atoms with van der Waals surface area (Å²) in [4.78, 5) is 4.62. The van der Waals surface area contributed by atoms with Crippen LogP contribution in [0.2, 0.25) is 0 Å². The molecule has 0 aromatic carbocycles. The molecule has 2 N–H and O–H groups in total. The van der Waals surface area contributed by atoms with E-state index in [0.29, 0.717) is 6.04 Å². The first-order valence-electron chi connectivity index (χ1n) is 5.95. The van der Waals surface area contributed by atoms with Crippen LogP contribution < -0.4 is 5.73 Å². The number of hydrogen-bond donors (Lipinski definition) is 1. The third-order valence-corrected chi connectivity index (χ3v) is 3.25. The summed E-state index contributed by atoms with van der Waals surface area (Å²) in [5.41, 5.74) is 8.34. The Bertz CT molecular complexity index is 301. The van der Waals surface area contributed by atoms with Crippen molar-refractivity contribution in [3.05, 3.63) is 23.4 Å². The fourth-order valence-corrected chi connectivity index (χ4v) is 2.14.